The Morgan fingerprint density at radius 2 is 2.00 bits per heavy atom. The number of anilines is 1. The number of carbonyl (C=O) groups is 1. The number of esters is 1. The maximum Gasteiger partial charge on any atom is 0.396 e. The van der Waals surface area contributed by atoms with Crippen LogP contribution in [0, 0.1) is 6.57 Å². The molecule has 0 saturated carbocycles. The molecular weight excluding hydrogens is 304 g/mol. The van der Waals surface area contributed by atoms with Gasteiger partial charge in [-0.05, 0) is 18.6 Å². The van der Waals surface area contributed by atoms with Crippen LogP contribution in [0.4, 0.5) is 5.69 Å². The van der Waals surface area contributed by atoms with Gasteiger partial charge in [0.15, 0.2) is 0 Å². The normalized spacial score (nSPS) is 16.9. The van der Waals surface area contributed by atoms with E-state index in [-0.39, 0.29) is 0 Å². The second-order valence-corrected chi connectivity index (χ2v) is 6.10. The number of hydrogen-bond donors (Lipinski definition) is 0. The summed E-state index contributed by atoms with van der Waals surface area (Å²) in [4.78, 5) is 17.5. The molecule has 2 rings (SSSR count). The van der Waals surface area contributed by atoms with Crippen LogP contribution in [0.1, 0.15) is 45.4 Å². The first kappa shape index (κ1) is 18.1. The number of ether oxygens (including phenoxy) is 2. The lowest BCUT2D eigenvalue weighted by Gasteiger charge is -2.20. The Balaban J connectivity index is 1.80. The molecule has 1 heterocycles. The number of para-hydroxylation sites is 2. The second kappa shape index (κ2) is 9.17. The molecule has 0 spiro atoms. The monoisotopic (exact) mass is 330 g/mol. The zero-order chi connectivity index (χ0) is 17.4. The van der Waals surface area contributed by atoms with Gasteiger partial charge in [0, 0.05) is 7.05 Å². The number of benzene rings is 1. The molecule has 2 unspecified atom stereocenters. The van der Waals surface area contributed by atoms with Gasteiger partial charge in [0.05, 0.1) is 12.3 Å². The summed E-state index contributed by atoms with van der Waals surface area (Å²) >= 11 is 0. The van der Waals surface area contributed by atoms with Crippen molar-refractivity contribution < 1.29 is 14.3 Å². The van der Waals surface area contributed by atoms with Crippen molar-refractivity contribution in [3.05, 3.63) is 35.7 Å². The second-order valence-electron chi connectivity index (χ2n) is 6.10. The zero-order valence-electron chi connectivity index (χ0n) is 14.5. The number of nitrogens with zero attached hydrogens (tertiary/aromatic N) is 2. The summed E-state index contributed by atoms with van der Waals surface area (Å²) in [5, 5.41) is 0. The Morgan fingerprint density at radius 3 is 2.71 bits per heavy atom. The van der Waals surface area contributed by atoms with E-state index in [4.69, 9.17) is 16.0 Å². The van der Waals surface area contributed by atoms with Crippen LogP contribution in [0.5, 0.6) is 5.75 Å². The highest BCUT2D eigenvalue weighted by Crippen LogP contribution is 2.37. The maximum atomic E-state index is 12.3. The Morgan fingerprint density at radius 1 is 1.29 bits per heavy atom. The van der Waals surface area contributed by atoms with Crippen LogP contribution in [0.2, 0.25) is 0 Å². The van der Waals surface area contributed by atoms with Gasteiger partial charge in [0.1, 0.15) is 5.75 Å². The van der Waals surface area contributed by atoms with Crippen molar-refractivity contribution in [2.45, 2.75) is 57.7 Å². The van der Waals surface area contributed by atoms with Crippen molar-refractivity contribution in [3.63, 3.8) is 0 Å². The SMILES string of the molecule is [C-]#[N+]C(C(=O)OCCCCCCCC)C1Oc2ccccc2N1C. The van der Waals surface area contributed by atoms with Gasteiger partial charge in [-0.3, -0.25) is 4.85 Å². The summed E-state index contributed by atoms with van der Waals surface area (Å²) in [6, 6.07) is 6.57. The lowest BCUT2D eigenvalue weighted by atomic mass is 10.1. The lowest BCUT2D eigenvalue weighted by Crippen LogP contribution is -2.45. The molecule has 1 aromatic rings. The zero-order valence-corrected chi connectivity index (χ0v) is 14.5. The first-order valence-corrected chi connectivity index (χ1v) is 8.70. The van der Waals surface area contributed by atoms with Crippen molar-refractivity contribution in [1.29, 1.82) is 0 Å². The molecule has 5 nitrogen and oxygen atoms in total. The average Bonchev–Trinajstić information content (AvgIpc) is 2.92. The molecule has 0 N–H and O–H groups in total. The Hall–Kier alpha value is -2.22. The standard InChI is InChI=1S/C19H26N2O3/c1-4-5-6-7-8-11-14-23-19(22)17(20-2)18-21(3)15-12-9-10-13-16(15)24-18/h9-10,12-13,17-18H,4-8,11,14H2,1,3H3. The molecule has 24 heavy (non-hydrogen) atoms. The van der Waals surface area contributed by atoms with Crippen molar-refractivity contribution in [2.75, 3.05) is 18.6 Å². The molecule has 2 atom stereocenters. The Labute approximate surface area is 144 Å². The van der Waals surface area contributed by atoms with Gasteiger partial charge in [-0.25, -0.2) is 11.4 Å². The van der Waals surface area contributed by atoms with E-state index in [1.807, 2.05) is 36.2 Å². The molecule has 130 valence electrons. The molecule has 0 fully saturated rings. The fraction of sp³-hybridized carbons (Fsp3) is 0.579. The summed E-state index contributed by atoms with van der Waals surface area (Å²) in [6.07, 6.45) is 6.15. The summed E-state index contributed by atoms with van der Waals surface area (Å²) < 4.78 is 11.1. The highest BCUT2D eigenvalue weighted by atomic mass is 16.5. The van der Waals surface area contributed by atoms with Crippen LogP contribution >= 0.6 is 0 Å². The van der Waals surface area contributed by atoms with E-state index in [0.29, 0.717) is 12.4 Å². The van der Waals surface area contributed by atoms with Crippen LogP contribution in [0.25, 0.3) is 4.85 Å². The number of rotatable bonds is 9. The number of fused-ring (bicyclic) bond motifs is 1. The predicted molar refractivity (Wildman–Crippen MR) is 94.0 cm³/mol. The lowest BCUT2D eigenvalue weighted by molar-refractivity contribution is -0.146. The molecule has 0 bridgehead atoms. The molecule has 0 radical (unpaired) electrons. The third-order valence-corrected chi connectivity index (χ3v) is 4.27. The van der Waals surface area contributed by atoms with Crippen molar-refractivity contribution in [1.82, 2.24) is 0 Å². The van der Waals surface area contributed by atoms with E-state index in [9.17, 15) is 4.79 Å². The minimum absolute atomic E-state index is 0.375. The average molecular weight is 330 g/mol. The molecule has 1 aliphatic rings. The number of unbranched alkanes of at least 4 members (excludes halogenated alkanes) is 5. The van der Waals surface area contributed by atoms with E-state index in [1.54, 1.807) is 0 Å². The molecule has 1 aliphatic heterocycles. The third kappa shape index (κ3) is 4.41. The first-order valence-electron chi connectivity index (χ1n) is 8.70. The van der Waals surface area contributed by atoms with E-state index >= 15 is 0 Å². The predicted octanol–water partition coefficient (Wildman–Crippen LogP) is 4.03. The van der Waals surface area contributed by atoms with Gasteiger partial charge >= 0.3 is 12.0 Å². The Kier molecular flexibility index (Phi) is 6.92. The van der Waals surface area contributed by atoms with E-state index in [0.717, 1.165) is 18.5 Å². The molecule has 0 aromatic heterocycles. The highest BCUT2D eigenvalue weighted by Gasteiger charge is 2.44. The van der Waals surface area contributed by atoms with E-state index in [1.165, 1.54) is 25.7 Å². The van der Waals surface area contributed by atoms with Crippen molar-refractivity contribution in [3.8, 4) is 5.75 Å². The van der Waals surface area contributed by atoms with E-state index in [2.05, 4.69) is 11.8 Å². The molecule has 0 aliphatic carbocycles. The third-order valence-electron chi connectivity index (χ3n) is 4.27. The summed E-state index contributed by atoms with van der Waals surface area (Å²) in [5.74, 6) is 0.200. The summed E-state index contributed by atoms with van der Waals surface area (Å²) in [5.41, 5.74) is 0.889. The van der Waals surface area contributed by atoms with Gasteiger partial charge in [0.25, 0.3) is 6.23 Å². The number of carbonyl (C=O) groups excluding carboxylic acids is 1. The molecule has 5 heteroatoms. The van der Waals surface area contributed by atoms with Gasteiger partial charge in [-0.15, -0.1) is 0 Å². The largest absolute Gasteiger partial charge is 0.460 e. The highest BCUT2D eigenvalue weighted by molar-refractivity contribution is 5.80. The Bertz CT molecular complexity index is 582. The maximum absolute atomic E-state index is 12.3. The molecule has 1 aromatic carbocycles. The number of hydrogen-bond acceptors (Lipinski definition) is 4. The molecular formula is C19H26N2O3. The number of likely N-dealkylation sites (N-methyl/N-ethyl adjacent to an activating group) is 1. The van der Waals surface area contributed by atoms with Gasteiger partial charge < -0.3 is 14.4 Å². The van der Waals surface area contributed by atoms with Crippen LogP contribution < -0.4 is 9.64 Å². The minimum Gasteiger partial charge on any atom is -0.460 e. The van der Waals surface area contributed by atoms with Crippen molar-refractivity contribution >= 4 is 11.7 Å². The smallest absolute Gasteiger partial charge is 0.396 e. The molecule has 0 amide bonds. The topological polar surface area (TPSA) is 43.1 Å². The van der Waals surface area contributed by atoms with Crippen LogP contribution in [-0.2, 0) is 9.53 Å². The summed E-state index contributed by atoms with van der Waals surface area (Å²) in [7, 11) is 1.83. The van der Waals surface area contributed by atoms with Gasteiger partial charge in [-0.2, -0.15) is 0 Å². The summed E-state index contributed by atoms with van der Waals surface area (Å²) in [6.45, 7) is 9.92. The first-order chi connectivity index (χ1) is 11.7. The van der Waals surface area contributed by atoms with Crippen LogP contribution in [-0.4, -0.2) is 31.9 Å². The van der Waals surface area contributed by atoms with Crippen LogP contribution in [0.15, 0.2) is 24.3 Å². The van der Waals surface area contributed by atoms with Gasteiger partial charge in [0.2, 0.25) is 0 Å². The minimum atomic E-state index is -0.970. The fourth-order valence-electron chi connectivity index (χ4n) is 2.84. The fourth-order valence-corrected chi connectivity index (χ4v) is 2.84. The van der Waals surface area contributed by atoms with E-state index < -0.39 is 18.2 Å². The van der Waals surface area contributed by atoms with Gasteiger partial charge in [-0.1, -0.05) is 51.2 Å². The van der Waals surface area contributed by atoms with Crippen molar-refractivity contribution in [2.24, 2.45) is 0 Å². The van der Waals surface area contributed by atoms with Crippen LogP contribution in [0.3, 0.4) is 0 Å². The quantitative estimate of drug-likeness (QED) is 0.389. The molecule has 0 saturated heterocycles.